The van der Waals surface area contributed by atoms with E-state index in [2.05, 4.69) is 33.2 Å². The fraction of sp³-hybridized carbons (Fsp3) is 0.250. The average molecular weight is 443 g/mol. The monoisotopic (exact) mass is 442 g/mol. The van der Waals surface area contributed by atoms with Crippen molar-refractivity contribution in [3.8, 4) is 6.07 Å². The molecule has 4 heterocycles. The van der Waals surface area contributed by atoms with Crippen LogP contribution in [-0.2, 0) is 6.54 Å². The molecular formula is C24H22N6OS. The lowest BCUT2D eigenvalue weighted by molar-refractivity contribution is 0.0751. The third-order valence-corrected chi connectivity index (χ3v) is 6.90. The lowest BCUT2D eigenvalue weighted by Crippen LogP contribution is -2.49. The van der Waals surface area contributed by atoms with Crippen molar-refractivity contribution in [1.82, 2.24) is 19.7 Å². The van der Waals surface area contributed by atoms with E-state index in [9.17, 15) is 10.1 Å². The van der Waals surface area contributed by atoms with Crippen molar-refractivity contribution in [2.24, 2.45) is 0 Å². The molecule has 0 unspecified atom stereocenters. The Morgan fingerprint density at radius 3 is 2.66 bits per heavy atom. The molecule has 160 valence electrons. The minimum Gasteiger partial charge on any atom is -0.352 e. The summed E-state index contributed by atoms with van der Waals surface area (Å²) in [7, 11) is 0. The van der Waals surface area contributed by atoms with E-state index in [1.165, 1.54) is 16.9 Å². The molecule has 0 N–H and O–H groups in total. The summed E-state index contributed by atoms with van der Waals surface area (Å²) in [4.78, 5) is 23.3. The van der Waals surface area contributed by atoms with Crippen molar-refractivity contribution in [3.05, 3.63) is 76.4 Å². The Morgan fingerprint density at radius 1 is 1.12 bits per heavy atom. The van der Waals surface area contributed by atoms with E-state index in [1.54, 1.807) is 18.3 Å². The maximum atomic E-state index is 13.2. The van der Waals surface area contributed by atoms with Gasteiger partial charge in [-0.05, 0) is 30.7 Å². The molecule has 3 aromatic heterocycles. The third kappa shape index (κ3) is 3.72. The summed E-state index contributed by atoms with van der Waals surface area (Å²) in [5.41, 5.74) is 2.69. The van der Waals surface area contributed by atoms with Crippen LogP contribution in [0.25, 0.3) is 10.2 Å². The number of thiophene rings is 1. The molecule has 0 spiro atoms. The molecule has 0 saturated carbocycles. The second kappa shape index (κ2) is 8.44. The van der Waals surface area contributed by atoms with E-state index in [1.807, 2.05) is 40.8 Å². The maximum absolute atomic E-state index is 13.2. The van der Waals surface area contributed by atoms with E-state index in [4.69, 9.17) is 0 Å². The number of hydrogen-bond acceptors (Lipinski definition) is 6. The van der Waals surface area contributed by atoms with Crippen LogP contribution >= 0.6 is 11.3 Å². The van der Waals surface area contributed by atoms with Gasteiger partial charge in [-0.25, -0.2) is 4.98 Å². The van der Waals surface area contributed by atoms with Crippen LogP contribution in [0.5, 0.6) is 0 Å². The van der Waals surface area contributed by atoms with E-state index in [0.29, 0.717) is 44.1 Å². The number of benzene rings is 1. The molecule has 0 bridgehead atoms. The third-order valence-electron chi connectivity index (χ3n) is 5.77. The van der Waals surface area contributed by atoms with Crippen molar-refractivity contribution < 1.29 is 4.79 Å². The Labute approximate surface area is 190 Å². The van der Waals surface area contributed by atoms with Gasteiger partial charge in [-0.2, -0.15) is 10.4 Å². The van der Waals surface area contributed by atoms with Crippen LogP contribution in [-0.4, -0.2) is 51.8 Å². The Morgan fingerprint density at radius 2 is 1.91 bits per heavy atom. The van der Waals surface area contributed by atoms with Gasteiger partial charge in [0.25, 0.3) is 5.91 Å². The predicted molar refractivity (Wildman–Crippen MR) is 125 cm³/mol. The highest BCUT2D eigenvalue weighted by molar-refractivity contribution is 7.20. The van der Waals surface area contributed by atoms with Crippen LogP contribution < -0.4 is 4.90 Å². The zero-order valence-electron chi connectivity index (χ0n) is 17.7. The lowest BCUT2D eigenvalue weighted by atomic mass is 10.2. The first-order valence-corrected chi connectivity index (χ1v) is 11.4. The van der Waals surface area contributed by atoms with Crippen molar-refractivity contribution >= 4 is 33.3 Å². The summed E-state index contributed by atoms with van der Waals surface area (Å²) in [6.45, 7) is 5.19. The van der Waals surface area contributed by atoms with Gasteiger partial charge >= 0.3 is 0 Å². The van der Waals surface area contributed by atoms with Gasteiger partial charge < -0.3 is 9.80 Å². The second-order valence-electron chi connectivity index (χ2n) is 7.82. The second-order valence-corrected chi connectivity index (χ2v) is 8.85. The minimum absolute atomic E-state index is 0.0537. The molecule has 1 saturated heterocycles. The molecular weight excluding hydrogens is 420 g/mol. The van der Waals surface area contributed by atoms with Crippen LogP contribution in [0.2, 0.25) is 0 Å². The van der Waals surface area contributed by atoms with Crippen LogP contribution in [0.15, 0.2) is 54.7 Å². The van der Waals surface area contributed by atoms with E-state index >= 15 is 0 Å². The number of nitriles is 1. The molecule has 7 nitrogen and oxygen atoms in total. The summed E-state index contributed by atoms with van der Waals surface area (Å²) < 4.78 is 1.99. The van der Waals surface area contributed by atoms with Crippen molar-refractivity contribution in [1.29, 1.82) is 5.26 Å². The number of nitrogens with zero attached hydrogens (tertiary/aromatic N) is 6. The van der Waals surface area contributed by atoms with Gasteiger partial charge in [0.1, 0.15) is 16.7 Å². The molecule has 1 aromatic carbocycles. The fourth-order valence-electron chi connectivity index (χ4n) is 4.10. The summed E-state index contributed by atoms with van der Waals surface area (Å²) in [5, 5.41) is 15.1. The quantitative estimate of drug-likeness (QED) is 0.482. The zero-order chi connectivity index (χ0) is 22.1. The zero-order valence-corrected chi connectivity index (χ0v) is 18.5. The molecule has 0 atom stereocenters. The average Bonchev–Trinajstić information content (AvgIpc) is 3.40. The number of hydrogen-bond donors (Lipinski definition) is 0. The van der Waals surface area contributed by atoms with Gasteiger partial charge in [-0.3, -0.25) is 9.48 Å². The Bertz CT molecular complexity index is 1310. The maximum Gasteiger partial charge on any atom is 0.264 e. The first-order chi connectivity index (χ1) is 15.6. The molecule has 5 rings (SSSR count). The van der Waals surface area contributed by atoms with Gasteiger partial charge in [-0.15, -0.1) is 11.3 Å². The van der Waals surface area contributed by atoms with Crippen LogP contribution in [0, 0.1) is 18.3 Å². The summed E-state index contributed by atoms with van der Waals surface area (Å²) in [5.74, 6) is 0.749. The lowest BCUT2D eigenvalue weighted by Gasteiger charge is -2.35. The van der Waals surface area contributed by atoms with Gasteiger partial charge in [-0.1, -0.05) is 30.3 Å². The van der Waals surface area contributed by atoms with E-state index in [0.717, 1.165) is 20.8 Å². The Hall–Kier alpha value is -3.70. The largest absolute Gasteiger partial charge is 0.352 e. The molecule has 0 radical (unpaired) electrons. The van der Waals surface area contributed by atoms with Crippen molar-refractivity contribution in [3.63, 3.8) is 0 Å². The Balaban J connectivity index is 1.32. The number of pyridine rings is 1. The summed E-state index contributed by atoms with van der Waals surface area (Å²) in [6, 6.07) is 17.9. The number of amides is 1. The van der Waals surface area contributed by atoms with Crippen LogP contribution in [0.4, 0.5) is 5.82 Å². The molecule has 0 aliphatic carbocycles. The highest BCUT2D eigenvalue weighted by Gasteiger charge is 2.26. The summed E-state index contributed by atoms with van der Waals surface area (Å²) in [6.07, 6.45) is 1.70. The number of rotatable bonds is 4. The number of carbonyl (C=O) groups excluding carboxylic acids is 1. The smallest absolute Gasteiger partial charge is 0.264 e. The van der Waals surface area contributed by atoms with Gasteiger partial charge in [0.15, 0.2) is 0 Å². The van der Waals surface area contributed by atoms with Crippen molar-refractivity contribution in [2.45, 2.75) is 13.5 Å². The number of aromatic nitrogens is 3. The van der Waals surface area contributed by atoms with Gasteiger partial charge in [0.2, 0.25) is 0 Å². The van der Waals surface area contributed by atoms with E-state index in [-0.39, 0.29) is 5.91 Å². The first-order valence-electron chi connectivity index (χ1n) is 10.5. The molecule has 32 heavy (non-hydrogen) atoms. The molecule has 1 fully saturated rings. The van der Waals surface area contributed by atoms with Crippen LogP contribution in [0.3, 0.4) is 0 Å². The van der Waals surface area contributed by atoms with Crippen LogP contribution in [0.1, 0.15) is 26.5 Å². The van der Waals surface area contributed by atoms with Gasteiger partial charge in [0, 0.05) is 37.8 Å². The number of fused-ring (bicyclic) bond motifs is 1. The highest BCUT2D eigenvalue weighted by atomic mass is 32.1. The standard InChI is InChI=1S/C24H22N6OS/c1-17-20-14-21(32-24(20)30(27-17)16-18-6-3-2-4-7-18)23(31)29-12-10-28(11-13-29)22-19(15-25)8-5-9-26-22/h2-9,14H,10-13,16H2,1H3. The van der Waals surface area contributed by atoms with Gasteiger partial charge in [0.05, 0.1) is 22.7 Å². The SMILES string of the molecule is Cc1nn(Cc2ccccc2)c2sc(C(=O)N3CCN(c4ncccc4C#N)CC3)cc12. The Kier molecular flexibility index (Phi) is 5.33. The molecule has 8 heteroatoms. The number of piperazine rings is 1. The van der Waals surface area contributed by atoms with Crippen molar-refractivity contribution in [2.75, 3.05) is 31.1 Å². The molecule has 1 aliphatic heterocycles. The number of carbonyl (C=O) groups is 1. The fourth-order valence-corrected chi connectivity index (χ4v) is 5.22. The number of aryl methyl sites for hydroxylation is 1. The summed E-state index contributed by atoms with van der Waals surface area (Å²) >= 11 is 1.51. The first kappa shape index (κ1) is 20.2. The number of anilines is 1. The minimum atomic E-state index is 0.0537. The highest BCUT2D eigenvalue weighted by Crippen LogP contribution is 2.30. The molecule has 1 amide bonds. The molecule has 4 aromatic rings. The molecule has 1 aliphatic rings. The topological polar surface area (TPSA) is 78.1 Å². The normalized spacial score (nSPS) is 14.0. The van der Waals surface area contributed by atoms with E-state index < -0.39 is 0 Å². The predicted octanol–water partition coefficient (Wildman–Crippen LogP) is 3.68.